The summed E-state index contributed by atoms with van der Waals surface area (Å²) >= 11 is 5.41. The molecule has 2 heterocycles. The molecule has 2 aromatic carbocycles. The van der Waals surface area contributed by atoms with E-state index in [1.54, 1.807) is 0 Å². The van der Waals surface area contributed by atoms with E-state index in [2.05, 4.69) is 32.9 Å². The molecule has 29 heavy (non-hydrogen) atoms. The molecule has 0 amide bonds. The highest BCUT2D eigenvalue weighted by atomic mass is 32.1. The summed E-state index contributed by atoms with van der Waals surface area (Å²) in [6.07, 6.45) is 0.624. The lowest BCUT2D eigenvalue weighted by Gasteiger charge is -2.28. The average Bonchev–Trinajstić information content (AvgIpc) is 2.78. The first kappa shape index (κ1) is 19.8. The van der Waals surface area contributed by atoms with Crippen molar-refractivity contribution in [3.63, 3.8) is 0 Å². The Balaban J connectivity index is 1.38. The third-order valence-corrected chi connectivity index (χ3v) is 5.36. The lowest BCUT2D eigenvalue weighted by molar-refractivity contribution is 0.0389. The Kier molecular flexibility index (Phi) is 6.71. The van der Waals surface area contributed by atoms with Gasteiger partial charge in [0, 0.05) is 38.2 Å². The number of morpholine rings is 1. The van der Waals surface area contributed by atoms with Crippen LogP contribution < -0.4 is 15.5 Å². The highest BCUT2D eigenvalue weighted by molar-refractivity contribution is 7.80. The SMILES string of the molecule is S=C(NCCN1CCOCC1)N/N=C1/C[C@H](c2ccccc2)Oc2ccccc21. The topological polar surface area (TPSA) is 58.1 Å². The molecule has 1 saturated heterocycles. The molecular formula is C22H26N4O2S. The smallest absolute Gasteiger partial charge is 0.187 e. The van der Waals surface area contributed by atoms with Gasteiger partial charge in [0.2, 0.25) is 0 Å². The van der Waals surface area contributed by atoms with Gasteiger partial charge in [-0.1, -0.05) is 42.5 Å². The zero-order valence-electron chi connectivity index (χ0n) is 16.3. The van der Waals surface area contributed by atoms with Crippen LogP contribution in [0.1, 0.15) is 23.7 Å². The molecule has 0 aliphatic carbocycles. The zero-order valence-corrected chi connectivity index (χ0v) is 17.2. The molecule has 2 aromatic rings. The Morgan fingerprint density at radius 3 is 2.66 bits per heavy atom. The molecule has 0 radical (unpaired) electrons. The van der Waals surface area contributed by atoms with Crippen molar-refractivity contribution in [3.8, 4) is 5.75 Å². The summed E-state index contributed by atoms with van der Waals surface area (Å²) in [7, 11) is 0. The number of nitrogens with zero attached hydrogens (tertiary/aromatic N) is 2. The van der Waals surface area contributed by atoms with Crippen molar-refractivity contribution in [1.82, 2.24) is 15.6 Å². The Morgan fingerprint density at radius 2 is 1.83 bits per heavy atom. The number of hydrogen-bond donors (Lipinski definition) is 2. The molecule has 152 valence electrons. The van der Waals surface area contributed by atoms with E-state index in [0.29, 0.717) is 11.5 Å². The van der Waals surface area contributed by atoms with E-state index in [1.807, 2.05) is 42.5 Å². The molecule has 7 heteroatoms. The second kappa shape index (κ2) is 9.82. The molecular weight excluding hydrogens is 384 g/mol. The lowest BCUT2D eigenvalue weighted by Crippen LogP contribution is -2.43. The van der Waals surface area contributed by atoms with Crippen LogP contribution in [0.25, 0.3) is 0 Å². The number of hydrogen-bond acceptors (Lipinski definition) is 5. The predicted octanol–water partition coefficient (Wildman–Crippen LogP) is 2.71. The van der Waals surface area contributed by atoms with Crippen LogP contribution in [-0.2, 0) is 4.74 Å². The molecule has 1 atom stereocenters. The van der Waals surface area contributed by atoms with Crippen molar-refractivity contribution in [2.45, 2.75) is 12.5 Å². The standard InChI is InChI=1S/C22H26N4O2S/c29-22(23-10-11-26-12-14-27-15-13-26)25-24-19-16-21(17-6-2-1-3-7-17)28-20-9-5-4-8-18(19)20/h1-9,21H,10-16H2,(H2,23,25,29)/b24-19-/t21-/m1/s1. The van der Waals surface area contributed by atoms with E-state index in [1.165, 1.54) is 0 Å². The summed E-state index contributed by atoms with van der Waals surface area (Å²) in [6, 6.07) is 18.2. The summed E-state index contributed by atoms with van der Waals surface area (Å²) in [5, 5.41) is 8.38. The van der Waals surface area contributed by atoms with Crippen LogP contribution in [0.2, 0.25) is 0 Å². The van der Waals surface area contributed by atoms with E-state index >= 15 is 0 Å². The minimum atomic E-state index is -0.0606. The molecule has 0 aromatic heterocycles. The molecule has 1 fully saturated rings. The maximum atomic E-state index is 6.21. The van der Waals surface area contributed by atoms with Crippen LogP contribution in [0.15, 0.2) is 59.7 Å². The quantitative estimate of drug-likeness (QED) is 0.584. The van der Waals surface area contributed by atoms with Gasteiger partial charge in [0.05, 0.1) is 18.9 Å². The molecule has 0 spiro atoms. The number of nitrogens with one attached hydrogen (secondary N) is 2. The van der Waals surface area contributed by atoms with Crippen LogP contribution in [0.5, 0.6) is 5.75 Å². The Morgan fingerprint density at radius 1 is 1.07 bits per heavy atom. The first-order valence-corrected chi connectivity index (χ1v) is 10.4. The highest BCUT2D eigenvalue weighted by Gasteiger charge is 2.26. The average molecular weight is 411 g/mol. The predicted molar refractivity (Wildman–Crippen MR) is 118 cm³/mol. The summed E-state index contributed by atoms with van der Waals surface area (Å²) in [4.78, 5) is 2.37. The minimum Gasteiger partial charge on any atom is -0.485 e. The highest BCUT2D eigenvalue weighted by Crippen LogP contribution is 2.34. The Hall–Kier alpha value is -2.48. The van der Waals surface area contributed by atoms with E-state index in [9.17, 15) is 0 Å². The van der Waals surface area contributed by atoms with Crippen molar-refractivity contribution < 1.29 is 9.47 Å². The molecule has 2 aliphatic heterocycles. The number of benzene rings is 2. The summed E-state index contributed by atoms with van der Waals surface area (Å²) < 4.78 is 11.6. The van der Waals surface area contributed by atoms with Gasteiger partial charge < -0.3 is 14.8 Å². The zero-order chi connectivity index (χ0) is 19.9. The summed E-state index contributed by atoms with van der Waals surface area (Å²) in [5.74, 6) is 0.847. The molecule has 2 aliphatic rings. The third-order valence-electron chi connectivity index (χ3n) is 5.13. The van der Waals surface area contributed by atoms with Gasteiger partial charge in [0.25, 0.3) is 0 Å². The fraction of sp³-hybridized carbons (Fsp3) is 0.364. The van der Waals surface area contributed by atoms with E-state index in [-0.39, 0.29) is 6.10 Å². The minimum absolute atomic E-state index is 0.0606. The normalized spacial score (nSPS) is 20.6. The maximum absolute atomic E-state index is 6.21. The van der Waals surface area contributed by atoms with Gasteiger partial charge >= 0.3 is 0 Å². The summed E-state index contributed by atoms with van der Waals surface area (Å²) in [6.45, 7) is 5.28. The first-order chi connectivity index (χ1) is 14.3. The van der Waals surface area contributed by atoms with Gasteiger partial charge in [-0.25, -0.2) is 0 Å². The van der Waals surface area contributed by atoms with Crippen molar-refractivity contribution in [1.29, 1.82) is 0 Å². The maximum Gasteiger partial charge on any atom is 0.187 e. The van der Waals surface area contributed by atoms with Gasteiger partial charge in [-0.05, 0) is 29.9 Å². The molecule has 2 N–H and O–H groups in total. The number of para-hydroxylation sites is 1. The number of thiocarbonyl (C=S) groups is 1. The van der Waals surface area contributed by atoms with Crippen molar-refractivity contribution >= 4 is 23.0 Å². The van der Waals surface area contributed by atoms with Gasteiger partial charge in [-0.3, -0.25) is 10.3 Å². The molecule has 0 saturated carbocycles. The first-order valence-electron chi connectivity index (χ1n) is 10.0. The fourth-order valence-corrected chi connectivity index (χ4v) is 3.71. The molecule has 0 unspecified atom stereocenters. The fourth-order valence-electron chi connectivity index (χ4n) is 3.56. The van der Waals surface area contributed by atoms with Crippen molar-refractivity contribution in [2.75, 3.05) is 39.4 Å². The number of ether oxygens (including phenoxy) is 2. The lowest BCUT2D eigenvalue weighted by atomic mass is 9.96. The second-order valence-corrected chi connectivity index (χ2v) is 7.51. The Bertz CT molecular complexity index is 853. The van der Waals surface area contributed by atoms with Crippen LogP contribution in [0, 0.1) is 0 Å². The van der Waals surface area contributed by atoms with Crippen LogP contribution in [0.3, 0.4) is 0 Å². The molecule has 6 nitrogen and oxygen atoms in total. The van der Waals surface area contributed by atoms with E-state index in [0.717, 1.165) is 62.0 Å². The number of hydrazone groups is 1. The number of rotatable bonds is 5. The van der Waals surface area contributed by atoms with Crippen LogP contribution in [-0.4, -0.2) is 55.1 Å². The van der Waals surface area contributed by atoms with Gasteiger partial charge in [0.15, 0.2) is 5.11 Å². The molecule has 0 bridgehead atoms. The second-order valence-electron chi connectivity index (χ2n) is 7.10. The monoisotopic (exact) mass is 410 g/mol. The van der Waals surface area contributed by atoms with Crippen LogP contribution >= 0.6 is 12.2 Å². The Labute approximate surface area is 176 Å². The number of fused-ring (bicyclic) bond motifs is 1. The molecule has 4 rings (SSSR count). The largest absolute Gasteiger partial charge is 0.485 e. The van der Waals surface area contributed by atoms with E-state index < -0.39 is 0 Å². The van der Waals surface area contributed by atoms with Gasteiger partial charge in [-0.15, -0.1) is 0 Å². The van der Waals surface area contributed by atoms with E-state index in [4.69, 9.17) is 21.7 Å². The van der Waals surface area contributed by atoms with Crippen LogP contribution in [0.4, 0.5) is 0 Å². The summed E-state index contributed by atoms with van der Waals surface area (Å²) in [5.41, 5.74) is 6.10. The van der Waals surface area contributed by atoms with Gasteiger partial charge in [0.1, 0.15) is 11.9 Å². The van der Waals surface area contributed by atoms with Gasteiger partial charge in [-0.2, -0.15) is 5.10 Å². The van der Waals surface area contributed by atoms with Crippen molar-refractivity contribution in [3.05, 3.63) is 65.7 Å². The third kappa shape index (κ3) is 5.32. The van der Waals surface area contributed by atoms with Crippen molar-refractivity contribution in [2.24, 2.45) is 5.10 Å².